The van der Waals surface area contributed by atoms with E-state index in [0.29, 0.717) is 0 Å². The Morgan fingerprint density at radius 2 is 2.20 bits per heavy atom. The van der Waals surface area contributed by atoms with Crippen molar-refractivity contribution in [2.45, 2.75) is 31.9 Å². The van der Waals surface area contributed by atoms with E-state index in [9.17, 15) is 4.79 Å². The molecular formula is C10H15AsClNO2. The molecule has 0 aromatic heterocycles. The summed E-state index contributed by atoms with van der Waals surface area (Å²) in [4.78, 5) is 13.0. The predicted molar refractivity (Wildman–Crippen MR) is 63.5 cm³/mol. The number of hydrogen-bond acceptors (Lipinski definition) is 2. The minimum atomic E-state index is -0.498. The van der Waals surface area contributed by atoms with Crippen LogP contribution in [0.4, 0.5) is 4.79 Å². The number of rotatable bonds is 0. The van der Waals surface area contributed by atoms with Gasteiger partial charge in [-0.2, -0.15) is 0 Å². The summed E-state index contributed by atoms with van der Waals surface area (Å²) in [5.41, 5.74) is -0.950. The van der Waals surface area contributed by atoms with E-state index in [1.165, 1.54) is 21.8 Å². The summed E-state index contributed by atoms with van der Waals surface area (Å²) in [6.45, 7) is 5.48. The molecule has 84 valence electrons. The molecule has 1 aliphatic heterocycles. The molecule has 0 radical (unpaired) electrons. The van der Waals surface area contributed by atoms with Gasteiger partial charge in [-0.25, -0.2) is 0 Å². The van der Waals surface area contributed by atoms with Gasteiger partial charge >= 0.3 is 104 Å². The van der Waals surface area contributed by atoms with Crippen molar-refractivity contribution in [3.63, 3.8) is 0 Å². The van der Waals surface area contributed by atoms with Crippen molar-refractivity contribution < 1.29 is 9.53 Å². The molecule has 0 aromatic rings. The zero-order valence-corrected chi connectivity index (χ0v) is 12.2. The van der Waals surface area contributed by atoms with Gasteiger partial charge in [0.25, 0.3) is 0 Å². The third-order valence-corrected chi connectivity index (χ3v) is 2.77. The van der Waals surface area contributed by atoms with Gasteiger partial charge in [0.15, 0.2) is 0 Å². The quantitative estimate of drug-likeness (QED) is 0.387. The zero-order chi connectivity index (χ0) is 11.6. The number of hydrogen-bond donors (Lipinski definition) is 0. The molecule has 3 nitrogen and oxygen atoms in total. The third kappa shape index (κ3) is 3.92. The van der Waals surface area contributed by atoms with E-state index in [4.69, 9.17) is 16.3 Å². The van der Waals surface area contributed by atoms with Crippen molar-refractivity contribution in [3.05, 3.63) is 22.7 Å². The van der Waals surface area contributed by atoms with Crippen LogP contribution in [0.5, 0.6) is 0 Å². The molecule has 0 aromatic carbocycles. The number of amides is 1. The number of alkyl halides is 1. The van der Waals surface area contributed by atoms with Crippen LogP contribution in [0.2, 0.25) is 0 Å². The molecule has 15 heavy (non-hydrogen) atoms. The molecule has 5 heteroatoms. The average Bonchev–Trinajstić information content (AvgIpc) is 1.99. The van der Waals surface area contributed by atoms with Gasteiger partial charge in [0, 0.05) is 0 Å². The van der Waals surface area contributed by atoms with Crippen LogP contribution in [-0.2, 0) is 4.74 Å². The Bertz CT molecular complexity index is 320. The number of ether oxygens (including phenoxy) is 1. The van der Waals surface area contributed by atoms with Crippen LogP contribution >= 0.6 is 11.6 Å². The number of carbonyl (C=O) groups excluding carboxylic acids is 1. The van der Waals surface area contributed by atoms with Crippen molar-refractivity contribution in [1.82, 2.24) is 4.90 Å². The Hall–Kier alpha value is -0.402. The maximum atomic E-state index is 11.7. The van der Waals surface area contributed by atoms with Gasteiger partial charge in [0.05, 0.1) is 0 Å². The summed E-state index contributed by atoms with van der Waals surface area (Å²) >= 11 is 7.49. The molecule has 0 saturated carbocycles. The fourth-order valence-electron chi connectivity index (χ4n) is 1.02. The van der Waals surface area contributed by atoms with Crippen LogP contribution in [0.3, 0.4) is 0 Å². The summed E-state index contributed by atoms with van der Waals surface area (Å²) in [7, 11) is 0. The molecule has 0 spiro atoms. The summed E-state index contributed by atoms with van der Waals surface area (Å²) < 4.78 is 6.31. The number of allylic oxidation sites excluding steroid dienone is 2. The van der Waals surface area contributed by atoms with Crippen molar-refractivity contribution in [2.75, 3.05) is 0 Å². The summed E-state index contributed by atoms with van der Waals surface area (Å²) in [6, 6.07) is 0. The molecule has 0 saturated heterocycles. The number of carbonyl (C=O) groups is 1. The van der Waals surface area contributed by atoms with Crippen molar-refractivity contribution in [1.29, 1.82) is 0 Å². The third-order valence-electron chi connectivity index (χ3n) is 1.63. The van der Waals surface area contributed by atoms with Crippen molar-refractivity contribution >= 4 is 34.5 Å². The first-order valence-electron chi connectivity index (χ1n) is 4.60. The Balaban J connectivity index is 2.67. The maximum absolute atomic E-state index is 11.7. The van der Waals surface area contributed by atoms with Gasteiger partial charge < -0.3 is 0 Å². The molecule has 2 atom stereocenters. The standard InChI is InChI=1S/C10H15AsClNO2/c1-10(2,3)15-9(14)13-5-4-7(11)6-8(13)12/h4-6,8H,11H2,1-3H3. The second-order valence-electron chi connectivity index (χ2n) is 4.24. The zero-order valence-electron chi connectivity index (χ0n) is 9.03. The van der Waals surface area contributed by atoms with E-state index >= 15 is 0 Å². The van der Waals surface area contributed by atoms with Gasteiger partial charge in [0.1, 0.15) is 0 Å². The number of nitrogens with zero attached hydrogens (tertiary/aromatic N) is 1. The van der Waals surface area contributed by atoms with Crippen LogP contribution in [0.15, 0.2) is 22.7 Å². The molecule has 1 rings (SSSR count). The van der Waals surface area contributed by atoms with Crippen LogP contribution in [0, 0.1) is 0 Å². The Labute approximate surface area is 104 Å². The van der Waals surface area contributed by atoms with Crippen LogP contribution in [-0.4, -0.2) is 38.9 Å². The van der Waals surface area contributed by atoms with Gasteiger partial charge in [-0.3, -0.25) is 0 Å². The fraction of sp³-hybridized carbons (Fsp3) is 0.500. The second-order valence-corrected chi connectivity index (χ2v) is 6.09. The molecule has 2 unspecified atom stereocenters. The SMILES string of the molecule is CC(C)(C)OC(=O)N1C=CC([AsH2])=CC1Cl. The van der Waals surface area contributed by atoms with Crippen LogP contribution < -0.4 is 0 Å². The summed E-state index contributed by atoms with van der Waals surface area (Å²) in [5, 5.41) is 0. The van der Waals surface area contributed by atoms with Crippen molar-refractivity contribution in [2.24, 2.45) is 0 Å². The first-order chi connectivity index (χ1) is 6.79. The van der Waals surface area contributed by atoms with Crippen LogP contribution in [0.25, 0.3) is 0 Å². The topological polar surface area (TPSA) is 29.5 Å². The predicted octanol–water partition coefficient (Wildman–Crippen LogP) is 1.83. The molecular weight excluding hydrogens is 276 g/mol. The molecule has 0 aliphatic carbocycles. The Kier molecular flexibility index (Phi) is 3.91. The fourth-order valence-corrected chi connectivity index (χ4v) is 2.13. The van der Waals surface area contributed by atoms with Crippen molar-refractivity contribution in [3.8, 4) is 0 Å². The first-order valence-corrected chi connectivity index (χ1v) is 6.25. The van der Waals surface area contributed by atoms with Gasteiger partial charge in [-0.05, 0) is 0 Å². The molecule has 1 amide bonds. The van der Waals surface area contributed by atoms with E-state index in [-0.39, 0.29) is 0 Å². The van der Waals surface area contributed by atoms with Gasteiger partial charge in [-0.1, -0.05) is 0 Å². The Morgan fingerprint density at radius 3 is 2.67 bits per heavy atom. The van der Waals surface area contributed by atoms with E-state index in [2.05, 4.69) is 0 Å². The molecule has 0 fully saturated rings. The molecule has 0 bridgehead atoms. The Morgan fingerprint density at radius 1 is 1.60 bits per heavy atom. The van der Waals surface area contributed by atoms with E-state index in [0.717, 1.165) is 4.36 Å². The summed E-state index contributed by atoms with van der Waals surface area (Å²) in [5.74, 6) is 0. The van der Waals surface area contributed by atoms with Gasteiger partial charge in [-0.15, -0.1) is 0 Å². The summed E-state index contributed by atoms with van der Waals surface area (Å²) in [6.07, 6.45) is 4.91. The van der Waals surface area contributed by atoms with E-state index < -0.39 is 17.2 Å². The molecule has 1 heterocycles. The molecule has 1 aliphatic rings. The normalized spacial score (nSPS) is 21.3. The number of halogens is 1. The minimum absolute atomic E-state index is 0.421. The van der Waals surface area contributed by atoms with E-state index in [1.807, 2.05) is 32.9 Å². The van der Waals surface area contributed by atoms with Crippen LogP contribution in [0.1, 0.15) is 20.8 Å². The van der Waals surface area contributed by atoms with Gasteiger partial charge in [0.2, 0.25) is 0 Å². The average molecular weight is 292 g/mol. The first kappa shape index (κ1) is 12.7. The second kappa shape index (κ2) is 4.63. The monoisotopic (exact) mass is 291 g/mol. The van der Waals surface area contributed by atoms with E-state index in [1.54, 1.807) is 6.20 Å². The molecule has 0 N–H and O–H groups in total.